The van der Waals surface area contributed by atoms with E-state index in [9.17, 15) is 84.9 Å². The standard InChI is InChI=1S/C32H62N2O8.C32H61NO9.C25H46FNO6.C25H47NO6/c1-14-24-32(11,38)31(10,37)23(7)34(12)17-18(2)15-29(8,36)21(5)19(3)26(20(4)28(35)41-24)42-25-16-30(9,39-13)27(33)22(6)40-25;1-14-24-32(11,38)31(10,37)23(7)33(12)17-18(2)15-29(8,36)21(5)19(3)26(20(4)28(35)41-24)42-25-16-30(9,39-13)27(34)22(6)40-25;1-12-19-25(9,31)24(8,30)18(5)27(10)14-15(2)13-22(6,32-11)17(4)16(3)20(28)23(7,26)21(29)33-19;1-12-20-25(9,30)24(8,29)19(6)26(10)14-15(2)13-23(7,31-11)18(5)16(3)21(27)17(4)22(28)32-20/h18-27,36-38H,14-17,33H2,1-13H3;18-27,34,36-38H,14-17H2,1-13H3;15-19,30-31H,12-14H2,1-11H3;15-20,29-30H,12-14H2,1-11H3/t2*18-,19-,20-,21-,22+,23-,24-,25+,26+,27+,29-,30-,31+,32-;15-,16-,17-,18-,19-,22-,23+,24+,25-;15-,16-,17-,18-,19-,20-,23-,24+,25-/m1111/s1. The molecule has 0 aliphatic carbocycles. The van der Waals surface area contributed by atoms with Gasteiger partial charge in [0.25, 0.3) is 5.67 Å². The van der Waals surface area contributed by atoms with Crippen LogP contribution in [0.1, 0.15) is 341 Å². The van der Waals surface area contributed by atoms with Gasteiger partial charge in [-0.1, -0.05) is 111 Å². The third-order valence-electron chi connectivity index (χ3n) is 39.3. The van der Waals surface area contributed by atoms with Crippen molar-refractivity contribution in [2.24, 2.45) is 94.5 Å². The van der Waals surface area contributed by atoms with Gasteiger partial charge in [-0.25, -0.2) is 9.18 Å². The number of ketones is 2. The van der Waals surface area contributed by atoms with Gasteiger partial charge in [0.15, 0.2) is 18.4 Å². The Labute approximate surface area is 897 Å². The van der Waals surface area contributed by atoms with Crippen LogP contribution in [-0.4, -0.2) is 376 Å². The van der Waals surface area contributed by atoms with Crippen molar-refractivity contribution >= 4 is 35.4 Å². The Morgan fingerprint density at radius 2 is 0.604 bits per heavy atom. The number of cyclic esters (lactones) is 4. The van der Waals surface area contributed by atoms with E-state index in [1.165, 1.54) is 41.7 Å². The van der Waals surface area contributed by atoms with E-state index in [0.29, 0.717) is 71.1 Å². The number of aliphatic hydroxyl groups excluding tert-OH is 1. The number of esters is 4. The molecule has 0 radical (unpaired) electrons. The summed E-state index contributed by atoms with van der Waals surface area (Å²) in [7, 11) is 13.9. The van der Waals surface area contributed by atoms with Gasteiger partial charge in [0, 0.05) is 103 Å². The number of methoxy groups -OCH3 is 4. The lowest BCUT2D eigenvalue weighted by Crippen LogP contribution is -2.67. The van der Waals surface area contributed by atoms with E-state index in [2.05, 4.69) is 20.8 Å². The summed E-state index contributed by atoms with van der Waals surface area (Å²) in [5.41, 5.74) is -15.3. The summed E-state index contributed by atoms with van der Waals surface area (Å²) in [6, 6.07) is -2.29. The normalized spacial score (nSPS) is 49.2. The second kappa shape index (κ2) is 53.4. The average Bonchev–Trinajstić information content (AvgIpc) is 1.59. The van der Waals surface area contributed by atoms with Gasteiger partial charge < -0.3 is 138 Å². The maximum absolute atomic E-state index is 15.6. The third kappa shape index (κ3) is 31.1. The molecule has 6 aliphatic heterocycles. The smallest absolute Gasteiger partial charge is 0.351 e. The van der Waals surface area contributed by atoms with Crippen molar-refractivity contribution in [3.63, 3.8) is 0 Å². The molecule has 0 aromatic heterocycles. The maximum atomic E-state index is 15.6. The van der Waals surface area contributed by atoms with Crippen LogP contribution in [0, 0.1) is 88.8 Å². The zero-order chi connectivity index (χ0) is 117. The molecule has 6 saturated heterocycles. The van der Waals surface area contributed by atoms with Gasteiger partial charge >= 0.3 is 23.9 Å². The molecule has 46 atom stereocenters. The molecule has 34 nitrogen and oxygen atoms in total. The van der Waals surface area contributed by atoms with Crippen LogP contribution in [-0.2, 0) is 85.6 Å². The molecule has 35 heteroatoms. The number of ether oxygens (including phenoxy) is 12. The summed E-state index contributed by atoms with van der Waals surface area (Å²) in [4.78, 5) is 87.7. The van der Waals surface area contributed by atoms with E-state index in [1.54, 1.807) is 104 Å². The Morgan fingerprint density at radius 1 is 0.342 bits per heavy atom. The van der Waals surface area contributed by atoms with Gasteiger partial charge in [0.1, 0.15) is 87.0 Å². The topological polar surface area (TPSA) is 475 Å². The van der Waals surface area contributed by atoms with E-state index in [0.717, 1.165) is 6.92 Å². The van der Waals surface area contributed by atoms with Crippen LogP contribution < -0.4 is 5.73 Å². The summed E-state index contributed by atoms with van der Waals surface area (Å²) >= 11 is 0. The first kappa shape index (κ1) is 139. The highest BCUT2D eigenvalue weighted by molar-refractivity contribution is 6.07. The van der Waals surface area contributed by atoms with E-state index < -0.39 is 229 Å². The second-order valence-electron chi connectivity index (χ2n) is 50.6. The first-order valence-corrected chi connectivity index (χ1v) is 55.3. The highest BCUT2D eigenvalue weighted by atomic mass is 19.1. The molecule has 0 spiro atoms. The monoisotopic (exact) mass is 2140 g/mol. The molecule has 6 heterocycles. The Bertz CT molecular complexity index is 4050. The van der Waals surface area contributed by atoms with E-state index in [1.807, 2.05) is 179 Å². The van der Waals surface area contributed by atoms with Gasteiger partial charge in [-0.05, 0) is 305 Å². The quantitative estimate of drug-likeness (QED) is 0.0490. The van der Waals surface area contributed by atoms with Crippen molar-refractivity contribution in [1.82, 2.24) is 19.6 Å². The SMILES string of the molecule is CC[C@H]1OC(=O)[C@@](C)(F)C(=O)[C@H](C)[C@@H](C)[C@](C)(OC)C[C@@H](C)CN(C)[C@H](C)[C@](C)(O)[C@]1(C)O.CC[C@H]1OC(=O)[C@H](C)C(=O)[C@H](C)[C@@H](C)[C@](C)(OC)C[C@@H](C)CN(C)[C@H](C)[C@](C)(O)[C@]1(C)O.CC[C@H]1OC(=O)[C@H](C)[C@@H](O[C@H]2C[C@@](C)(OC)[C@@H](N)[C@H](C)O2)[C@H](C)[C@@H](C)[C@](C)(O)C[C@@H](C)CN(C)[C@H](C)[C@](C)(O)[C@]1(C)O.CC[C@H]1OC(=O)[C@H](C)[C@@H](O[C@H]2C[C@@](C)(OC)[C@@H](O)[C@H](C)O2)[C@H](C)[C@@H](C)[C@](C)(O)C[C@@H](C)CN(C)[C@H](C)[C@](C)(O)[C@]1(C)O. The molecule has 0 saturated carbocycles. The van der Waals surface area contributed by atoms with E-state index >= 15 is 4.39 Å². The largest absolute Gasteiger partial charge is 0.459 e. The van der Waals surface area contributed by atoms with Crippen molar-refractivity contribution < 1.29 is 146 Å². The number of nitrogens with two attached hydrogens (primary N) is 1. The van der Waals surface area contributed by atoms with Crippen LogP contribution in [0.5, 0.6) is 0 Å². The fourth-order valence-corrected chi connectivity index (χ4v) is 24.5. The van der Waals surface area contributed by atoms with Gasteiger partial charge in [-0.2, -0.15) is 0 Å². The van der Waals surface area contributed by atoms with Gasteiger partial charge in [-0.3, -0.25) is 24.0 Å². The van der Waals surface area contributed by atoms with Crippen molar-refractivity contribution in [2.75, 3.05) is 82.8 Å². The highest BCUT2D eigenvalue weighted by Gasteiger charge is 2.62. The molecule has 0 amide bonds. The molecule has 0 aromatic rings. The zero-order valence-electron chi connectivity index (χ0n) is 101. The van der Waals surface area contributed by atoms with Crippen LogP contribution in [0.15, 0.2) is 0 Å². The van der Waals surface area contributed by atoms with Crippen LogP contribution in [0.4, 0.5) is 4.39 Å². The molecule has 0 unspecified atom stereocenters. The van der Waals surface area contributed by atoms with Crippen molar-refractivity contribution in [1.29, 1.82) is 0 Å². The molecule has 878 valence electrons. The van der Waals surface area contributed by atoms with Crippen LogP contribution in [0.25, 0.3) is 0 Å². The van der Waals surface area contributed by atoms with Gasteiger partial charge in [-0.15, -0.1) is 0 Å². The number of likely N-dealkylation sites (N-methyl/N-ethyl adjacent to an activating group) is 4. The predicted molar refractivity (Wildman–Crippen MR) is 574 cm³/mol. The number of halogens is 1. The number of carbonyl (C=O) groups is 6. The van der Waals surface area contributed by atoms with Gasteiger partial charge in [0.05, 0.1) is 75.9 Å². The van der Waals surface area contributed by atoms with Crippen molar-refractivity contribution in [3.05, 3.63) is 0 Å². The fraction of sp³-hybridized carbons (Fsp3) is 0.947. The molecule has 6 aliphatic rings. The predicted octanol–water partition coefficient (Wildman–Crippen LogP) is 12.4. The van der Waals surface area contributed by atoms with Crippen molar-refractivity contribution in [3.8, 4) is 0 Å². The summed E-state index contributed by atoms with van der Waals surface area (Å²) < 4.78 is 87.3. The summed E-state index contributed by atoms with van der Waals surface area (Å²) in [5, 5.41) is 127. The minimum atomic E-state index is -2.91. The molecular weight excluding hydrogens is 1920 g/mol. The Kier molecular flexibility index (Phi) is 50.0. The number of hydrogen-bond acceptors (Lipinski definition) is 34. The number of alkyl halides is 1. The lowest BCUT2D eigenvalue weighted by atomic mass is 9.72. The zero-order valence-corrected chi connectivity index (χ0v) is 101. The lowest BCUT2D eigenvalue weighted by Gasteiger charge is -2.49. The average molecular weight is 2140 g/mol. The maximum Gasteiger partial charge on any atom is 0.351 e. The Balaban J connectivity index is 0.000000514. The first-order valence-electron chi connectivity index (χ1n) is 55.3. The molecule has 149 heavy (non-hydrogen) atoms. The summed E-state index contributed by atoms with van der Waals surface area (Å²) in [5.74, 6) is -9.36. The number of rotatable bonds is 12. The molecule has 6 fully saturated rings. The molecule has 13 N–H and O–H groups in total. The van der Waals surface area contributed by atoms with Crippen molar-refractivity contribution in [2.45, 2.75) is 523 Å². The van der Waals surface area contributed by atoms with Crippen LogP contribution in [0.3, 0.4) is 0 Å². The van der Waals surface area contributed by atoms with E-state index in [-0.39, 0.29) is 96.4 Å². The number of carbonyl (C=O) groups excluding carboxylic acids is 6. The third-order valence-corrected chi connectivity index (χ3v) is 39.3. The number of nitrogens with zero attached hydrogens (tertiary/aromatic N) is 4. The Morgan fingerprint density at radius 3 is 0.893 bits per heavy atom. The number of hydrogen-bond donors (Lipinski definition) is 12. The van der Waals surface area contributed by atoms with Crippen LogP contribution in [0.2, 0.25) is 0 Å². The summed E-state index contributed by atoms with van der Waals surface area (Å²) in [6.45, 7) is 73.3. The minimum absolute atomic E-state index is 0.0519. The number of Topliss-reactive ketones (excluding diaryl/α,β-unsaturated/α-hetero) is 2. The minimum Gasteiger partial charge on any atom is -0.459 e. The van der Waals surface area contributed by atoms with Crippen LogP contribution >= 0.6 is 0 Å². The molecule has 0 bridgehead atoms. The summed E-state index contributed by atoms with van der Waals surface area (Å²) in [6.07, 6.45) is -5.01. The van der Waals surface area contributed by atoms with Gasteiger partial charge in [0.2, 0.25) is 0 Å². The Hall–Kier alpha value is -3.81. The molecule has 6 rings (SSSR count). The second-order valence-corrected chi connectivity index (χ2v) is 50.6. The fourth-order valence-electron chi connectivity index (χ4n) is 24.5. The van der Waals surface area contributed by atoms with E-state index in [4.69, 9.17) is 62.6 Å². The first-order chi connectivity index (χ1) is 67.4. The highest BCUT2D eigenvalue weighted by Crippen LogP contribution is 2.49. The molecular formula is C114H216FN5O29. The lowest BCUT2D eigenvalue weighted by molar-refractivity contribution is -0.298. The molecule has 0 aromatic carbocycles. The number of aliphatic hydroxyl groups is 11.